The van der Waals surface area contributed by atoms with E-state index in [1.54, 1.807) is 128 Å². The number of hydrogen-bond acceptors (Lipinski definition) is 26. The van der Waals surface area contributed by atoms with Crippen molar-refractivity contribution in [1.82, 2.24) is 78.5 Å². The molecule has 0 aliphatic heterocycles. The van der Waals surface area contributed by atoms with E-state index in [1.165, 1.54) is 106 Å². The highest BCUT2D eigenvalue weighted by Gasteiger charge is 2.24. The summed E-state index contributed by atoms with van der Waals surface area (Å²) in [5.41, 5.74) is 12.6. The van der Waals surface area contributed by atoms with Gasteiger partial charge >= 0.3 is 11.8 Å². The Labute approximate surface area is 851 Å². The van der Waals surface area contributed by atoms with Crippen LogP contribution in [0.2, 0.25) is 50.2 Å². The van der Waals surface area contributed by atoms with Gasteiger partial charge in [0, 0.05) is 101 Å². The average molecular weight is 2110 g/mol. The summed E-state index contributed by atoms with van der Waals surface area (Å²) in [5, 5.41) is 52.2. The summed E-state index contributed by atoms with van der Waals surface area (Å²) in [5.74, 6) is 0.493. The number of halogens is 10. The van der Waals surface area contributed by atoms with Crippen LogP contribution in [0, 0.1) is 50.4 Å². The van der Waals surface area contributed by atoms with Crippen LogP contribution in [0.1, 0.15) is 35.4 Å². The number of aromatic amines is 2. The molecule has 0 spiro atoms. The lowest BCUT2D eigenvalue weighted by atomic mass is 10.2. The zero-order chi connectivity index (χ0) is 102. The van der Waals surface area contributed by atoms with Gasteiger partial charge in [-0.05, 0) is 168 Å². The molecule has 36 nitrogen and oxygen atoms in total. The third-order valence-electron chi connectivity index (χ3n) is 19.1. The van der Waals surface area contributed by atoms with E-state index >= 15 is 0 Å². The fraction of sp³-hybridized carbons (Fsp3) is 0.0625. The zero-order valence-corrected chi connectivity index (χ0v) is 81.3. The third kappa shape index (κ3) is 26.0. The number of nitrogens with one attached hydrogen (secondary N) is 4. The van der Waals surface area contributed by atoms with Crippen molar-refractivity contribution in [3.05, 3.63) is 418 Å². The van der Waals surface area contributed by atoms with E-state index in [-0.39, 0.29) is 128 Å². The molecule has 2 amide bonds. The van der Waals surface area contributed by atoms with Crippen molar-refractivity contribution < 1.29 is 38.0 Å². The van der Waals surface area contributed by atoms with Gasteiger partial charge in [-0.2, -0.15) is 39.0 Å². The number of hydrogen-bond donors (Lipinski definition) is 5. The van der Waals surface area contributed by atoms with Crippen molar-refractivity contribution in [2.24, 2.45) is 5.10 Å². The Bertz CT molecular complexity index is 8040. The predicted molar refractivity (Wildman–Crippen MR) is 539 cm³/mol. The highest BCUT2D eigenvalue weighted by Crippen LogP contribution is 2.44. The first-order valence-electron chi connectivity index (χ1n) is 41.1. The molecule has 8 heterocycles. The number of para-hydroxylation sites is 4. The predicted octanol–water partition coefficient (Wildman–Crippen LogP) is 20.3. The van der Waals surface area contributed by atoms with Crippen LogP contribution in [0.25, 0.3) is 39.8 Å². The number of amides is 2. The number of ether oxygens (including phenoxy) is 6. The zero-order valence-electron chi connectivity index (χ0n) is 73.7. The van der Waals surface area contributed by atoms with Gasteiger partial charge < -0.3 is 43.3 Å². The minimum absolute atomic E-state index is 0.00910. The Hall–Kier alpha value is -16.4. The van der Waals surface area contributed by atoms with Crippen molar-refractivity contribution in [2.75, 3.05) is 17.8 Å². The number of alkyl carbamates (subject to hydrolysis) is 1. The van der Waals surface area contributed by atoms with Crippen molar-refractivity contribution in [3.63, 3.8) is 0 Å². The van der Waals surface area contributed by atoms with Crippen LogP contribution in [0.5, 0.6) is 58.1 Å². The van der Waals surface area contributed by atoms with Crippen LogP contribution in [0.15, 0.2) is 306 Å². The summed E-state index contributed by atoms with van der Waals surface area (Å²) in [4.78, 5) is 108. The molecular weight excluding hydrogens is 2040 g/mol. The lowest BCUT2D eigenvalue weighted by Crippen LogP contribution is -2.36. The van der Waals surface area contributed by atoms with E-state index in [0.717, 1.165) is 48.2 Å². The number of imide groups is 1. The standard InChI is InChI=1S/C22H16Cl2N6O5.C22H17Cl2N3O2.C20H10Cl2N6O4.C16H13Cl2N3O2.C16H11Cl2N3O2/c1-2-34-22(33)26-21(32)17(12-25)28-27-13-10-15(23)20(16(24)11-13)35-18-8-9-19(31)30(29-18)14-6-4-3-5-7-14;1-14-8-9-15(2)26(14)17-12-18(23)22(19(24)13-17)29-20-10-11-21(28)27(25-20)16-6-4-3-5-7-16;21-13-8-12(28-20(31)24-19(30)15(10-23)25-28)9-14(22)18(13)32-16-6-7-17(29)27(26-16)11-4-2-1-3-5-11;1-9-3-4-10(2)21(9)11-7-12(17)16(13(18)8-11)23-15-6-5-14(22)19-20-15;17-12-8-10(19)9-13(18)16(12)23-14-6-7-15(22)21(20-14)11-4-2-1-3-5-11/h3-11,27H,2H2,1H3,(H,26,32,33);3-13H,1-2H3;1-9H,(H,24,30,31);3-8H,1-2H3,(H,19,22);1-9H,19H2. The summed E-state index contributed by atoms with van der Waals surface area (Å²) in [6, 6.07) is 76.1. The molecule has 0 unspecified atom stereocenters. The van der Waals surface area contributed by atoms with Gasteiger partial charge in [0.05, 0.1) is 91.0 Å². The topological polar surface area (TPSA) is 462 Å². The van der Waals surface area contributed by atoms with E-state index < -0.39 is 34.7 Å². The number of anilines is 2. The normalized spacial score (nSPS) is 10.7. The molecule has 0 bridgehead atoms. The fourth-order valence-electron chi connectivity index (χ4n) is 12.8. The van der Waals surface area contributed by atoms with Gasteiger partial charge in [0.15, 0.2) is 28.7 Å². The second-order valence-electron chi connectivity index (χ2n) is 29.0. The molecule has 17 rings (SSSR count). The lowest BCUT2D eigenvalue weighted by molar-refractivity contribution is -0.114. The van der Waals surface area contributed by atoms with E-state index in [0.29, 0.717) is 54.3 Å². The number of nitrogens with zero attached hydrogens (tertiary/aromatic N) is 16. The minimum Gasteiger partial charge on any atom is -0.450 e. The maximum atomic E-state index is 12.2. The molecule has 9 aromatic carbocycles. The van der Waals surface area contributed by atoms with Crippen molar-refractivity contribution >= 4 is 145 Å². The van der Waals surface area contributed by atoms with Crippen LogP contribution < -0.4 is 79.2 Å². The van der Waals surface area contributed by atoms with Crippen molar-refractivity contribution in [2.45, 2.75) is 34.6 Å². The number of aromatic nitrogens is 15. The largest absolute Gasteiger partial charge is 0.450 e. The molecule has 0 atom stereocenters. The second kappa shape index (κ2) is 47.3. The average Bonchev–Trinajstić information content (AvgIpc) is 1.74. The van der Waals surface area contributed by atoms with Crippen LogP contribution in [-0.2, 0) is 9.53 Å². The molecule has 142 heavy (non-hydrogen) atoms. The minimum atomic E-state index is -1.06. The van der Waals surface area contributed by atoms with Gasteiger partial charge in [-0.15, -0.1) is 30.6 Å². The smallest absolute Gasteiger partial charge is 0.414 e. The number of rotatable bonds is 21. The van der Waals surface area contributed by atoms with E-state index in [1.807, 2.05) is 103 Å². The number of nitriles is 2. The maximum absolute atomic E-state index is 12.2. The molecule has 46 heteroatoms. The quantitative estimate of drug-likeness (QED) is 0.0253. The summed E-state index contributed by atoms with van der Waals surface area (Å²) < 4.78 is 42.7. The van der Waals surface area contributed by atoms with Crippen LogP contribution in [0.4, 0.5) is 16.2 Å². The van der Waals surface area contributed by atoms with Crippen LogP contribution in [-0.4, -0.2) is 97.5 Å². The van der Waals surface area contributed by atoms with Crippen LogP contribution in [0.3, 0.4) is 0 Å². The Morgan fingerprint density at radius 3 is 1.01 bits per heavy atom. The van der Waals surface area contributed by atoms with Gasteiger partial charge in [-0.3, -0.25) is 49.3 Å². The van der Waals surface area contributed by atoms with E-state index in [4.69, 9.17) is 156 Å². The number of nitrogens with two attached hydrogens (primary N) is 1. The molecule has 17 aromatic rings. The summed E-state index contributed by atoms with van der Waals surface area (Å²) in [7, 11) is 0. The maximum Gasteiger partial charge on any atom is 0.414 e. The summed E-state index contributed by atoms with van der Waals surface area (Å²) >= 11 is 62.9. The number of aryl methyl sites for hydroxylation is 4. The Morgan fingerprint density at radius 1 is 0.387 bits per heavy atom. The second-order valence-corrected chi connectivity index (χ2v) is 33.1. The molecule has 0 saturated heterocycles. The Kier molecular flexibility index (Phi) is 34.3. The molecular formula is C96H67Cl10N21O15. The van der Waals surface area contributed by atoms with Crippen LogP contribution >= 0.6 is 116 Å². The highest BCUT2D eigenvalue weighted by atomic mass is 35.5. The monoisotopic (exact) mass is 2100 g/mol. The molecule has 0 aliphatic rings. The molecule has 6 N–H and O–H groups in total. The van der Waals surface area contributed by atoms with Crippen molar-refractivity contribution in [3.8, 4) is 110 Å². The first-order valence-corrected chi connectivity index (χ1v) is 44.9. The number of hydrazone groups is 1. The summed E-state index contributed by atoms with van der Waals surface area (Å²) in [6.07, 6.45) is -1.01. The van der Waals surface area contributed by atoms with E-state index in [9.17, 15) is 43.2 Å². The van der Waals surface area contributed by atoms with Gasteiger partial charge in [-0.1, -0.05) is 189 Å². The van der Waals surface area contributed by atoms with Gasteiger partial charge in [0.25, 0.3) is 39.3 Å². The van der Waals surface area contributed by atoms with Gasteiger partial charge in [-0.25, -0.2) is 14.7 Å². The first kappa shape index (κ1) is 103. The molecule has 0 aliphatic carbocycles. The molecule has 8 aromatic heterocycles. The Balaban J connectivity index is 0.000000150. The number of carbonyl (C=O) groups excluding carboxylic acids is 2. The Morgan fingerprint density at radius 2 is 0.697 bits per heavy atom. The number of benzene rings is 9. The first-order chi connectivity index (χ1) is 68.1. The number of H-pyrrole nitrogens is 2. The third-order valence-corrected chi connectivity index (χ3v) is 21.9. The molecule has 716 valence electrons. The summed E-state index contributed by atoms with van der Waals surface area (Å²) in [6.45, 7) is 9.63. The lowest BCUT2D eigenvalue weighted by Gasteiger charge is -2.14. The highest BCUT2D eigenvalue weighted by molar-refractivity contribution is 6.47. The van der Waals surface area contributed by atoms with E-state index in [2.05, 4.69) is 55.5 Å². The number of carbonyl (C=O) groups is 2. The molecule has 0 saturated carbocycles. The SMILES string of the molecule is CCOC(=O)NC(=O)C(C#N)=NNc1cc(Cl)c(Oc2ccc(=O)n(-c3ccccc3)n2)c(Cl)c1.Cc1ccc(C)n1-c1cc(Cl)c(Oc2ccc(=O)[nH]n2)c(Cl)c1.Cc1ccc(C)n1-c1cc(Cl)c(Oc2ccc(=O)n(-c3ccccc3)n2)c(Cl)c1.N#Cc1nn(-c2cc(Cl)c(Oc3ccc(=O)n(-c4ccccc4)n3)c(Cl)c2)c(=O)[nH]c1=O.Nc1cc(Cl)c(Oc2ccc(=O)n(-c3ccccc3)n2)c(Cl)c1. The molecule has 0 radical (unpaired) electrons. The van der Waals surface area contributed by atoms with Crippen molar-refractivity contribution in [1.29, 1.82) is 10.5 Å². The van der Waals surface area contributed by atoms with Gasteiger partial charge in [0.2, 0.25) is 40.8 Å². The number of nitrogen functional groups attached to an aromatic ring is 1. The van der Waals surface area contributed by atoms with Gasteiger partial charge in [0.1, 0.15) is 12.1 Å². The molecule has 0 fully saturated rings. The fourth-order valence-corrected chi connectivity index (χ4v) is 15.6.